The van der Waals surface area contributed by atoms with Gasteiger partial charge < -0.3 is 16.0 Å². The topological polar surface area (TPSA) is 53.2 Å². The summed E-state index contributed by atoms with van der Waals surface area (Å²) in [6.07, 6.45) is 1.95. The molecular weight excluding hydrogens is 445 g/mol. The molecular formula is C18H16Cl3N3OS2. The molecule has 9 heteroatoms. The summed E-state index contributed by atoms with van der Waals surface area (Å²) in [5, 5.41) is 8.48. The van der Waals surface area contributed by atoms with Gasteiger partial charge in [0.25, 0.3) is 0 Å². The van der Waals surface area contributed by atoms with Crippen LogP contribution in [0.4, 0.5) is 5.69 Å². The van der Waals surface area contributed by atoms with Crippen LogP contribution in [0.15, 0.2) is 65.6 Å². The molecule has 142 valence electrons. The minimum Gasteiger partial charge on any atom is -0.339 e. The van der Waals surface area contributed by atoms with E-state index in [1.807, 2.05) is 42.5 Å². The summed E-state index contributed by atoms with van der Waals surface area (Å²) in [7, 11) is 0. The van der Waals surface area contributed by atoms with Gasteiger partial charge in [0, 0.05) is 11.0 Å². The average molecular weight is 461 g/mol. The molecule has 3 N–H and O–H groups in total. The lowest BCUT2D eigenvalue weighted by atomic mass is 10.2. The number of anilines is 1. The zero-order valence-corrected chi connectivity index (χ0v) is 17.8. The lowest BCUT2D eigenvalue weighted by molar-refractivity contribution is -0.117. The molecule has 2 aromatic carbocycles. The largest absolute Gasteiger partial charge is 0.339 e. The summed E-state index contributed by atoms with van der Waals surface area (Å²) in [4.78, 5) is 12.9. The fourth-order valence-corrected chi connectivity index (χ4v) is 2.77. The number of para-hydroxylation sites is 1. The van der Waals surface area contributed by atoms with Gasteiger partial charge in [0.05, 0.1) is 5.69 Å². The highest BCUT2D eigenvalue weighted by molar-refractivity contribution is 7.81. The van der Waals surface area contributed by atoms with E-state index in [4.69, 9.17) is 47.0 Å². The first-order chi connectivity index (χ1) is 12.8. The number of carbonyl (C=O) groups is 1. The Bertz CT molecular complexity index is 826. The van der Waals surface area contributed by atoms with Crippen LogP contribution in [0.3, 0.4) is 0 Å². The molecule has 1 unspecified atom stereocenters. The van der Waals surface area contributed by atoms with Gasteiger partial charge in [0.2, 0.25) is 9.70 Å². The van der Waals surface area contributed by atoms with E-state index in [9.17, 15) is 4.79 Å². The third-order valence-corrected chi connectivity index (χ3v) is 4.53. The van der Waals surface area contributed by atoms with Crippen LogP contribution in [0.5, 0.6) is 0 Å². The van der Waals surface area contributed by atoms with Crippen molar-refractivity contribution in [2.45, 2.75) is 14.9 Å². The first-order valence-electron chi connectivity index (χ1n) is 7.71. The third-order valence-electron chi connectivity index (χ3n) is 3.27. The minimum atomic E-state index is -1.83. The average Bonchev–Trinajstić information content (AvgIpc) is 2.61. The molecule has 0 fully saturated rings. The van der Waals surface area contributed by atoms with Gasteiger partial charge in [0.1, 0.15) is 6.17 Å². The van der Waals surface area contributed by atoms with E-state index in [-0.39, 0.29) is 5.11 Å². The number of hydrogen-bond donors (Lipinski definition) is 4. The summed E-state index contributed by atoms with van der Waals surface area (Å²) in [6.45, 7) is 0. The molecule has 0 bridgehead atoms. The van der Waals surface area contributed by atoms with E-state index in [0.29, 0.717) is 10.6 Å². The first kappa shape index (κ1) is 21.9. The van der Waals surface area contributed by atoms with Crippen LogP contribution >= 0.6 is 59.6 Å². The van der Waals surface area contributed by atoms with Crippen molar-refractivity contribution in [3.05, 3.63) is 66.2 Å². The summed E-state index contributed by atoms with van der Waals surface area (Å²) >= 11 is 27.5. The number of carbonyl (C=O) groups excluding carboxylic acids is 1. The van der Waals surface area contributed by atoms with Crippen molar-refractivity contribution >= 4 is 82.4 Å². The molecule has 0 spiro atoms. The first-order valence-corrected chi connectivity index (χ1v) is 9.70. The lowest BCUT2D eigenvalue weighted by Gasteiger charge is -2.27. The van der Waals surface area contributed by atoms with E-state index in [2.05, 4.69) is 28.6 Å². The van der Waals surface area contributed by atoms with Crippen molar-refractivity contribution in [3.8, 4) is 0 Å². The Hall–Kier alpha value is -1.44. The van der Waals surface area contributed by atoms with Gasteiger partial charge in [-0.25, -0.2) is 0 Å². The summed E-state index contributed by atoms with van der Waals surface area (Å²) in [6, 6.07) is 16.6. The molecule has 0 aliphatic heterocycles. The van der Waals surface area contributed by atoms with Gasteiger partial charge in [-0.1, -0.05) is 77.3 Å². The molecule has 1 amide bonds. The van der Waals surface area contributed by atoms with Crippen molar-refractivity contribution in [3.63, 3.8) is 0 Å². The molecule has 4 nitrogen and oxygen atoms in total. The van der Waals surface area contributed by atoms with Gasteiger partial charge in [-0.2, -0.15) is 0 Å². The Labute approximate surface area is 183 Å². The van der Waals surface area contributed by atoms with Gasteiger partial charge >= 0.3 is 0 Å². The minimum absolute atomic E-state index is 0.167. The number of alkyl halides is 3. The molecule has 0 aliphatic carbocycles. The van der Waals surface area contributed by atoms with E-state index in [0.717, 1.165) is 5.56 Å². The molecule has 0 aromatic heterocycles. The second-order valence-corrected chi connectivity index (χ2v) is 8.60. The summed E-state index contributed by atoms with van der Waals surface area (Å²) < 4.78 is -1.83. The van der Waals surface area contributed by atoms with Crippen molar-refractivity contribution in [1.29, 1.82) is 0 Å². The maximum atomic E-state index is 12.2. The van der Waals surface area contributed by atoms with Crippen LogP contribution in [0.1, 0.15) is 5.56 Å². The maximum Gasteiger partial charge on any atom is 0.245 e. The molecule has 0 aliphatic rings. The highest BCUT2D eigenvalue weighted by Gasteiger charge is 2.34. The zero-order chi connectivity index (χ0) is 19.9. The second kappa shape index (κ2) is 10.2. The molecule has 2 aromatic rings. The number of halogens is 3. The molecule has 0 heterocycles. The van der Waals surface area contributed by atoms with Crippen molar-refractivity contribution < 1.29 is 4.79 Å². The number of amides is 1. The van der Waals surface area contributed by atoms with Crippen molar-refractivity contribution in [1.82, 2.24) is 10.6 Å². The van der Waals surface area contributed by atoms with E-state index in [1.165, 1.54) is 6.08 Å². The maximum absolute atomic E-state index is 12.2. The van der Waals surface area contributed by atoms with Gasteiger partial charge in [-0.3, -0.25) is 4.79 Å². The van der Waals surface area contributed by atoms with Crippen LogP contribution in [-0.2, 0) is 4.79 Å². The molecule has 27 heavy (non-hydrogen) atoms. The highest BCUT2D eigenvalue weighted by atomic mass is 35.6. The number of nitrogens with one attached hydrogen (secondary N) is 3. The molecule has 0 saturated heterocycles. The number of hydrogen-bond acceptors (Lipinski definition) is 3. The number of rotatable bonds is 5. The Morgan fingerprint density at radius 1 is 1.04 bits per heavy atom. The van der Waals surface area contributed by atoms with Gasteiger partial charge in [0.15, 0.2) is 5.11 Å². The number of benzene rings is 2. The monoisotopic (exact) mass is 459 g/mol. The van der Waals surface area contributed by atoms with Gasteiger partial charge in [-0.05, 0) is 36.0 Å². The second-order valence-electron chi connectivity index (χ2n) is 5.34. The summed E-state index contributed by atoms with van der Waals surface area (Å²) in [5.74, 6) is -0.444. The Balaban J connectivity index is 2.00. The zero-order valence-electron chi connectivity index (χ0n) is 13.8. The normalized spacial score (nSPS) is 12.4. The van der Waals surface area contributed by atoms with Crippen LogP contribution in [0.2, 0.25) is 0 Å². The highest BCUT2D eigenvalue weighted by Crippen LogP contribution is 2.29. The standard InChI is InChI=1S/C18H16Cl3N3OS2/c19-18(20,21)16(23-15(25)11-10-12-6-2-1-3-7-12)24-17(27)22-13-8-4-5-9-14(13)26/h1-11,16,26H,(H,23,25)(H2,22,24,27)/b11-10+. The fourth-order valence-electron chi connectivity index (χ4n) is 2.00. The van der Waals surface area contributed by atoms with Crippen LogP contribution in [-0.4, -0.2) is 21.0 Å². The Morgan fingerprint density at radius 2 is 1.67 bits per heavy atom. The number of thiol groups is 1. The van der Waals surface area contributed by atoms with E-state index < -0.39 is 15.9 Å². The Morgan fingerprint density at radius 3 is 2.30 bits per heavy atom. The predicted molar refractivity (Wildman–Crippen MR) is 121 cm³/mol. The van der Waals surface area contributed by atoms with Crippen LogP contribution in [0, 0.1) is 0 Å². The predicted octanol–water partition coefficient (Wildman–Crippen LogP) is 4.79. The molecule has 2 rings (SSSR count). The number of thiocarbonyl (C=S) groups is 1. The van der Waals surface area contributed by atoms with E-state index >= 15 is 0 Å². The molecule has 0 saturated carbocycles. The van der Waals surface area contributed by atoms with E-state index in [1.54, 1.807) is 18.2 Å². The molecule has 0 radical (unpaired) electrons. The SMILES string of the molecule is O=C(/C=C/c1ccccc1)NC(NC(=S)Nc1ccccc1S)C(Cl)(Cl)Cl. The quantitative estimate of drug-likeness (QED) is 0.170. The van der Waals surface area contributed by atoms with Gasteiger partial charge in [-0.15, -0.1) is 12.6 Å². The van der Waals surface area contributed by atoms with Crippen molar-refractivity contribution in [2.24, 2.45) is 0 Å². The Kier molecular flexibility index (Phi) is 8.26. The smallest absolute Gasteiger partial charge is 0.245 e. The summed E-state index contributed by atoms with van der Waals surface area (Å²) in [5.41, 5.74) is 1.55. The molecule has 1 atom stereocenters. The fraction of sp³-hybridized carbons (Fsp3) is 0.111. The van der Waals surface area contributed by atoms with Crippen LogP contribution in [0.25, 0.3) is 6.08 Å². The van der Waals surface area contributed by atoms with Crippen LogP contribution < -0.4 is 16.0 Å². The third kappa shape index (κ3) is 7.60. The lowest BCUT2D eigenvalue weighted by Crippen LogP contribution is -2.55. The van der Waals surface area contributed by atoms with Crippen molar-refractivity contribution in [2.75, 3.05) is 5.32 Å².